The van der Waals surface area contributed by atoms with Crippen LogP contribution in [0.1, 0.15) is 16.1 Å². The van der Waals surface area contributed by atoms with Crippen molar-refractivity contribution in [2.45, 2.75) is 6.92 Å². The number of ether oxygens (including phenoxy) is 1. The minimum absolute atomic E-state index is 0.120. The van der Waals surface area contributed by atoms with Crippen LogP contribution in [0.5, 0.6) is 0 Å². The van der Waals surface area contributed by atoms with Gasteiger partial charge in [-0.15, -0.1) is 0 Å². The van der Waals surface area contributed by atoms with Crippen LogP contribution >= 0.6 is 15.9 Å². The highest BCUT2D eigenvalue weighted by atomic mass is 79.9. The number of methoxy groups -OCH3 is 1. The van der Waals surface area contributed by atoms with Crippen LogP contribution in [-0.4, -0.2) is 44.6 Å². The Kier molecular flexibility index (Phi) is 5.29. The van der Waals surface area contributed by atoms with Crippen molar-refractivity contribution in [2.75, 3.05) is 32.6 Å². The monoisotopic (exact) mass is 329 g/mol. The number of likely N-dealkylation sites (N-methyl/N-ethyl adjacent to an activating group) is 2. The Morgan fingerprint density at radius 2 is 2.16 bits per heavy atom. The van der Waals surface area contributed by atoms with Crippen LogP contribution in [-0.2, 0) is 9.53 Å². The number of halogens is 1. The van der Waals surface area contributed by atoms with Gasteiger partial charge in [0.05, 0.1) is 29.4 Å². The minimum atomic E-state index is -0.439. The molecule has 1 heterocycles. The number of hydrogen-bond donors (Lipinski definition) is 1. The zero-order valence-electron chi connectivity index (χ0n) is 11.3. The van der Waals surface area contributed by atoms with Crippen LogP contribution in [0.3, 0.4) is 0 Å². The number of esters is 1. The molecule has 1 amide bonds. The van der Waals surface area contributed by atoms with Crippen LogP contribution in [0, 0.1) is 6.92 Å². The molecule has 0 saturated carbocycles. The number of rotatable bonds is 4. The minimum Gasteiger partial charge on any atom is -0.465 e. The van der Waals surface area contributed by atoms with Crippen LogP contribution in [0.2, 0.25) is 0 Å². The number of nitrogens with zero attached hydrogens (tertiary/aromatic N) is 2. The van der Waals surface area contributed by atoms with E-state index in [1.54, 1.807) is 32.0 Å². The van der Waals surface area contributed by atoms with E-state index in [1.807, 2.05) is 0 Å². The van der Waals surface area contributed by atoms with Crippen molar-refractivity contribution < 1.29 is 14.3 Å². The van der Waals surface area contributed by atoms with Gasteiger partial charge in [0.25, 0.3) is 0 Å². The lowest BCUT2D eigenvalue weighted by atomic mass is 10.2. The van der Waals surface area contributed by atoms with E-state index in [9.17, 15) is 9.59 Å². The molecule has 0 saturated heterocycles. The molecule has 0 spiro atoms. The lowest BCUT2D eigenvalue weighted by molar-refractivity contribution is -0.119. The maximum Gasteiger partial charge on any atom is 0.339 e. The predicted octanol–water partition coefficient (Wildman–Crippen LogP) is 1.12. The maximum absolute atomic E-state index is 11.5. The van der Waals surface area contributed by atoms with E-state index in [0.29, 0.717) is 21.5 Å². The molecule has 19 heavy (non-hydrogen) atoms. The van der Waals surface area contributed by atoms with Crippen molar-refractivity contribution in [3.63, 3.8) is 0 Å². The molecule has 0 atom stereocenters. The number of carbonyl (C=O) groups excluding carboxylic acids is 2. The number of aryl methyl sites for hydroxylation is 1. The summed E-state index contributed by atoms with van der Waals surface area (Å²) in [6.07, 6.45) is 0. The van der Waals surface area contributed by atoms with Gasteiger partial charge < -0.3 is 15.0 Å². The summed E-state index contributed by atoms with van der Waals surface area (Å²) in [7, 11) is 4.64. The van der Waals surface area contributed by atoms with Gasteiger partial charge in [-0.05, 0) is 28.9 Å². The molecule has 0 radical (unpaired) electrons. The SMILES string of the molecule is CNC(=O)CN(C)c1nc(C)c(C(=O)OC)cc1Br. The van der Waals surface area contributed by atoms with Gasteiger partial charge in [-0.2, -0.15) is 0 Å². The van der Waals surface area contributed by atoms with Gasteiger partial charge in [-0.3, -0.25) is 4.79 Å². The molecule has 104 valence electrons. The van der Waals surface area contributed by atoms with Crippen LogP contribution < -0.4 is 10.2 Å². The lowest BCUT2D eigenvalue weighted by Crippen LogP contribution is -2.33. The summed E-state index contributed by atoms with van der Waals surface area (Å²) in [5.74, 6) is 0.0332. The molecule has 7 heteroatoms. The molecular formula is C12H16BrN3O3. The number of amides is 1. The third-order valence-electron chi connectivity index (χ3n) is 2.57. The average Bonchev–Trinajstić information content (AvgIpc) is 2.39. The second kappa shape index (κ2) is 6.51. The molecule has 0 unspecified atom stereocenters. The second-order valence-electron chi connectivity index (χ2n) is 3.95. The first-order chi connectivity index (χ1) is 8.90. The van der Waals surface area contributed by atoms with E-state index in [1.165, 1.54) is 7.11 Å². The number of carbonyl (C=O) groups is 2. The summed E-state index contributed by atoms with van der Waals surface area (Å²) in [6.45, 7) is 1.90. The van der Waals surface area contributed by atoms with Crippen LogP contribution in [0.25, 0.3) is 0 Å². The normalized spacial score (nSPS) is 9.95. The fraction of sp³-hybridized carbons (Fsp3) is 0.417. The lowest BCUT2D eigenvalue weighted by Gasteiger charge is -2.19. The van der Waals surface area contributed by atoms with Gasteiger partial charge >= 0.3 is 5.97 Å². The third kappa shape index (κ3) is 3.66. The molecular weight excluding hydrogens is 314 g/mol. The standard InChI is InChI=1S/C12H16BrN3O3/c1-7-8(12(18)19-4)5-9(13)11(15-7)16(3)6-10(17)14-2/h5H,6H2,1-4H3,(H,14,17). The number of pyridine rings is 1. The molecule has 0 aromatic carbocycles. The molecule has 0 bridgehead atoms. The summed E-state index contributed by atoms with van der Waals surface area (Å²) in [5.41, 5.74) is 0.945. The molecule has 0 aliphatic carbocycles. The molecule has 1 rings (SSSR count). The van der Waals surface area contributed by atoms with Crippen molar-refractivity contribution in [1.29, 1.82) is 0 Å². The highest BCUT2D eigenvalue weighted by Gasteiger charge is 2.17. The van der Waals surface area contributed by atoms with Gasteiger partial charge in [0.1, 0.15) is 5.82 Å². The highest BCUT2D eigenvalue weighted by Crippen LogP contribution is 2.26. The summed E-state index contributed by atoms with van der Waals surface area (Å²) in [6, 6.07) is 1.64. The maximum atomic E-state index is 11.5. The van der Waals surface area contributed by atoms with Crippen LogP contribution in [0.15, 0.2) is 10.5 Å². The van der Waals surface area contributed by atoms with E-state index < -0.39 is 5.97 Å². The Labute approximate surface area is 120 Å². The molecule has 1 aromatic rings. The zero-order chi connectivity index (χ0) is 14.6. The molecule has 6 nitrogen and oxygen atoms in total. The van der Waals surface area contributed by atoms with E-state index in [2.05, 4.69) is 31.0 Å². The predicted molar refractivity (Wildman–Crippen MR) is 75.4 cm³/mol. The summed E-state index contributed by atoms with van der Waals surface area (Å²) in [5, 5.41) is 2.54. The van der Waals surface area contributed by atoms with E-state index >= 15 is 0 Å². The fourth-order valence-electron chi connectivity index (χ4n) is 1.52. The first kappa shape index (κ1) is 15.4. The molecule has 0 aliphatic rings. The van der Waals surface area contributed by atoms with Crippen molar-refractivity contribution >= 4 is 33.6 Å². The smallest absolute Gasteiger partial charge is 0.339 e. The van der Waals surface area contributed by atoms with Crippen molar-refractivity contribution in [2.24, 2.45) is 0 Å². The first-order valence-corrected chi connectivity index (χ1v) is 6.37. The van der Waals surface area contributed by atoms with Crippen molar-refractivity contribution in [3.8, 4) is 0 Å². The molecule has 1 aromatic heterocycles. The molecule has 0 fully saturated rings. The topological polar surface area (TPSA) is 71.5 Å². The van der Waals surface area contributed by atoms with Crippen LogP contribution in [0.4, 0.5) is 5.82 Å². The first-order valence-electron chi connectivity index (χ1n) is 5.57. The van der Waals surface area contributed by atoms with Gasteiger partial charge in [0.15, 0.2) is 0 Å². The van der Waals surface area contributed by atoms with E-state index in [-0.39, 0.29) is 12.5 Å². The number of anilines is 1. The summed E-state index contributed by atoms with van der Waals surface area (Å²) >= 11 is 3.35. The van der Waals surface area contributed by atoms with E-state index in [0.717, 1.165) is 0 Å². The average molecular weight is 330 g/mol. The van der Waals surface area contributed by atoms with Gasteiger partial charge in [-0.1, -0.05) is 0 Å². The third-order valence-corrected chi connectivity index (χ3v) is 3.16. The van der Waals surface area contributed by atoms with Gasteiger partial charge in [0, 0.05) is 14.1 Å². The van der Waals surface area contributed by atoms with E-state index in [4.69, 9.17) is 0 Å². The van der Waals surface area contributed by atoms with Gasteiger partial charge in [0.2, 0.25) is 5.91 Å². The fourth-order valence-corrected chi connectivity index (χ4v) is 2.14. The highest BCUT2D eigenvalue weighted by molar-refractivity contribution is 9.10. The largest absolute Gasteiger partial charge is 0.465 e. The molecule has 1 N–H and O–H groups in total. The van der Waals surface area contributed by atoms with Gasteiger partial charge in [-0.25, -0.2) is 9.78 Å². The van der Waals surface area contributed by atoms with Crippen molar-refractivity contribution in [3.05, 3.63) is 21.8 Å². The Bertz CT molecular complexity index is 505. The molecule has 0 aliphatic heterocycles. The number of nitrogens with one attached hydrogen (secondary N) is 1. The Balaban J connectivity index is 3.08. The Hall–Kier alpha value is -1.63. The summed E-state index contributed by atoms with van der Waals surface area (Å²) in [4.78, 5) is 28.9. The van der Waals surface area contributed by atoms with Crippen molar-refractivity contribution in [1.82, 2.24) is 10.3 Å². The Morgan fingerprint density at radius 1 is 1.53 bits per heavy atom. The summed E-state index contributed by atoms with van der Waals surface area (Å²) < 4.78 is 5.31. The second-order valence-corrected chi connectivity index (χ2v) is 4.80. The quantitative estimate of drug-likeness (QED) is 0.838. The zero-order valence-corrected chi connectivity index (χ0v) is 12.9. The number of hydrogen-bond acceptors (Lipinski definition) is 5. The Morgan fingerprint density at radius 3 is 2.68 bits per heavy atom. The number of aromatic nitrogens is 1.